The number of hydrogen-bond acceptors (Lipinski definition) is 2. The number of hydrogen-bond donors (Lipinski definition) is 0. The predicted octanol–water partition coefficient (Wildman–Crippen LogP) is 5.56. The maximum Gasteiger partial charge on any atom is 0.150 e. The number of carbonyl (C=O) groups is 1. The lowest BCUT2D eigenvalue weighted by Crippen LogP contribution is -1.90. The van der Waals surface area contributed by atoms with E-state index in [1.54, 1.807) is 24.3 Å². The Morgan fingerprint density at radius 3 is 2.32 bits per heavy atom. The van der Waals surface area contributed by atoms with E-state index in [4.69, 9.17) is 39.5 Å². The molecule has 2 rings (SSSR count). The summed E-state index contributed by atoms with van der Waals surface area (Å²) in [5, 5.41) is 1.10. The van der Waals surface area contributed by atoms with E-state index in [0.29, 0.717) is 32.1 Å². The molecule has 0 radical (unpaired) electrons. The van der Waals surface area contributed by atoms with Gasteiger partial charge >= 0.3 is 0 Å². The summed E-state index contributed by atoms with van der Waals surface area (Å²) >= 11 is 17.8. The van der Waals surface area contributed by atoms with Crippen LogP contribution in [0.15, 0.2) is 30.3 Å². The predicted molar refractivity (Wildman–Crippen MR) is 78.1 cm³/mol. The van der Waals surface area contributed by atoms with Crippen LogP contribution in [-0.2, 0) is 0 Å². The highest BCUT2D eigenvalue weighted by Gasteiger charge is 2.09. The van der Waals surface area contributed by atoms with Crippen molar-refractivity contribution >= 4 is 41.1 Å². The van der Waals surface area contributed by atoms with Gasteiger partial charge in [-0.1, -0.05) is 34.8 Å². The quantitative estimate of drug-likeness (QED) is 0.547. The van der Waals surface area contributed by atoms with Crippen LogP contribution in [0, 0.1) is 6.92 Å². The second-order valence-electron chi connectivity index (χ2n) is 3.94. The summed E-state index contributed by atoms with van der Waals surface area (Å²) in [6.07, 6.45) is 0.797. The average molecular weight is 316 g/mol. The normalized spacial score (nSPS) is 10.3. The number of aryl methyl sites for hydroxylation is 1. The summed E-state index contributed by atoms with van der Waals surface area (Å²) < 4.78 is 5.63. The average Bonchev–Trinajstić information content (AvgIpc) is 2.36. The van der Waals surface area contributed by atoms with E-state index < -0.39 is 0 Å². The summed E-state index contributed by atoms with van der Waals surface area (Å²) in [4.78, 5) is 10.7. The summed E-state index contributed by atoms with van der Waals surface area (Å²) in [5.74, 6) is 0.984. The fraction of sp³-hybridized carbons (Fsp3) is 0.0714. The minimum Gasteiger partial charge on any atom is -0.456 e. The Hall–Kier alpha value is -1.22. The van der Waals surface area contributed by atoms with E-state index in [1.165, 1.54) is 6.07 Å². The molecular weight excluding hydrogens is 307 g/mol. The van der Waals surface area contributed by atoms with Crippen molar-refractivity contribution < 1.29 is 9.53 Å². The SMILES string of the molecule is Cc1cc(Oc2cc(Cl)c(Cl)cc2Cl)ccc1C=O. The largest absolute Gasteiger partial charge is 0.456 e. The molecule has 2 nitrogen and oxygen atoms in total. The summed E-state index contributed by atoms with van der Waals surface area (Å²) in [5.41, 5.74) is 1.44. The van der Waals surface area contributed by atoms with Gasteiger partial charge in [0.05, 0.1) is 15.1 Å². The minimum atomic E-state index is 0.363. The zero-order valence-electron chi connectivity index (χ0n) is 9.91. The third-order valence-electron chi connectivity index (χ3n) is 2.57. The number of halogens is 3. The first-order valence-corrected chi connectivity index (χ1v) is 6.53. The second kappa shape index (κ2) is 5.83. The highest BCUT2D eigenvalue weighted by Crippen LogP contribution is 2.36. The highest BCUT2D eigenvalue weighted by molar-refractivity contribution is 6.43. The molecule has 0 atom stereocenters. The standard InChI is InChI=1S/C14H9Cl3O2/c1-8-4-10(3-2-9(8)7-18)19-14-6-12(16)11(15)5-13(14)17/h2-7H,1H3. The van der Waals surface area contributed by atoms with Gasteiger partial charge in [-0.25, -0.2) is 0 Å². The molecule has 0 aliphatic carbocycles. The Labute approximate surface area is 125 Å². The molecule has 0 spiro atoms. The van der Waals surface area contributed by atoms with Gasteiger partial charge in [-0.2, -0.15) is 0 Å². The number of benzene rings is 2. The fourth-order valence-corrected chi connectivity index (χ4v) is 2.13. The van der Waals surface area contributed by atoms with E-state index >= 15 is 0 Å². The Morgan fingerprint density at radius 1 is 1.00 bits per heavy atom. The molecule has 0 heterocycles. The first-order chi connectivity index (χ1) is 9.01. The first kappa shape index (κ1) is 14.2. The van der Waals surface area contributed by atoms with Gasteiger partial charge in [0.25, 0.3) is 0 Å². The Bertz CT molecular complexity index is 639. The molecule has 0 saturated carbocycles. The summed E-state index contributed by atoms with van der Waals surface area (Å²) in [6.45, 7) is 1.83. The maximum atomic E-state index is 10.7. The van der Waals surface area contributed by atoms with Crippen molar-refractivity contribution in [2.45, 2.75) is 6.92 Å². The van der Waals surface area contributed by atoms with Gasteiger partial charge in [0.1, 0.15) is 17.8 Å². The molecule has 98 valence electrons. The van der Waals surface area contributed by atoms with Crippen LogP contribution >= 0.6 is 34.8 Å². The van der Waals surface area contributed by atoms with Crippen LogP contribution in [0.5, 0.6) is 11.5 Å². The molecule has 5 heteroatoms. The van der Waals surface area contributed by atoms with Crippen LogP contribution in [-0.4, -0.2) is 6.29 Å². The van der Waals surface area contributed by atoms with E-state index in [-0.39, 0.29) is 0 Å². The third kappa shape index (κ3) is 3.21. The Morgan fingerprint density at radius 2 is 1.68 bits per heavy atom. The summed E-state index contributed by atoms with van der Waals surface area (Å²) in [6, 6.07) is 8.20. The monoisotopic (exact) mass is 314 g/mol. The number of carbonyl (C=O) groups excluding carboxylic acids is 1. The minimum absolute atomic E-state index is 0.363. The Kier molecular flexibility index (Phi) is 4.35. The van der Waals surface area contributed by atoms with Gasteiger partial charge in [-0.3, -0.25) is 4.79 Å². The van der Waals surface area contributed by atoms with Gasteiger partial charge in [0, 0.05) is 11.6 Å². The molecule has 2 aromatic rings. The van der Waals surface area contributed by atoms with Crippen molar-refractivity contribution in [2.75, 3.05) is 0 Å². The van der Waals surface area contributed by atoms with Gasteiger partial charge in [-0.15, -0.1) is 0 Å². The van der Waals surface area contributed by atoms with Gasteiger partial charge < -0.3 is 4.74 Å². The molecular formula is C14H9Cl3O2. The molecule has 2 aromatic carbocycles. The van der Waals surface area contributed by atoms with Crippen molar-refractivity contribution in [3.8, 4) is 11.5 Å². The second-order valence-corrected chi connectivity index (χ2v) is 5.16. The zero-order valence-corrected chi connectivity index (χ0v) is 12.2. The van der Waals surface area contributed by atoms with Gasteiger partial charge in [0.15, 0.2) is 0 Å². The van der Waals surface area contributed by atoms with E-state index in [1.807, 2.05) is 6.92 Å². The molecule has 0 aliphatic rings. The molecule has 0 fully saturated rings. The van der Waals surface area contributed by atoms with Crippen LogP contribution < -0.4 is 4.74 Å². The molecule has 0 amide bonds. The summed E-state index contributed by atoms with van der Waals surface area (Å²) in [7, 11) is 0. The molecule has 0 saturated heterocycles. The van der Waals surface area contributed by atoms with Crippen molar-refractivity contribution in [1.29, 1.82) is 0 Å². The van der Waals surface area contributed by atoms with Crippen molar-refractivity contribution in [2.24, 2.45) is 0 Å². The molecule has 0 bridgehead atoms. The molecule has 0 unspecified atom stereocenters. The third-order valence-corrected chi connectivity index (χ3v) is 3.59. The molecule has 0 aliphatic heterocycles. The number of aldehydes is 1. The lowest BCUT2D eigenvalue weighted by molar-refractivity contribution is 0.112. The lowest BCUT2D eigenvalue weighted by atomic mass is 10.1. The maximum absolute atomic E-state index is 10.7. The molecule has 0 N–H and O–H groups in total. The van der Waals surface area contributed by atoms with E-state index in [2.05, 4.69) is 0 Å². The number of rotatable bonds is 3. The Balaban J connectivity index is 2.33. The van der Waals surface area contributed by atoms with Crippen molar-refractivity contribution in [3.05, 3.63) is 56.5 Å². The van der Waals surface area contributed by atoms with Crippen LogP contribution in [0.4, 0.5) is 0 Å². The van der Waals surface area contributed by atoms with Gasteiger partial charge in [-0.05, 0) is 36.8 Å². The van der Waals surface area contributed by atoms with Crippen LogP contribution in [0.25, 0.3) is 0 Å². The molecule has 19 heavy (non-hydrogen) atoms. The van der Waals surface area contributed by atoms with Crippen LogP contribution in [0.3, 0.4) is 0 Å². The van der Waals surface area contributed by atoms with Gasteiger partial charge in [0.2, 0.25) is 0 Å². The zero-order chi connectivity index (χ0) is 14.0. The molecule has 0 aromatic heterocycles. The van der Waals surface area contributed by atoms with Crippen molar-refractivity contribution in [3.63, 3.8) is 0 Å². The van der Waals surface area contributed by atoms with Crippen LogP contribution in [0.2, 0.25) is 15.1 Å². The topological polar surface area (TPSA) is 26.3 Å². The smallest absolute Gasteiger partial charge is 0.150 e. The lowest BCUT2D eigenvalue weighted by Gasteiger charge is -2.10. The highest BCUT2D eigenvalue weighted by atomic mass is 35.5. The van der Waals surface area contributed by atoms with Crippen LogP contribution in [0.1, 0.15) is 15.9 Å². The number of ether oxygens (including phenoxy) is 1. The first-order valence-electron chi connectivity index (χ1n) is 5.39. The fourth-order valence-electron chi connectivity index (χ4n) is 1.55. The van der Waals surface area contributed by atoms with E-state index in [0.717, 1.165) is 11.8 Å². The van der Waals surface area contributed by atoms with Crippen molar-refractivity contribution in [1.82, 2.24) is 0 Å². The van der Waals surface area contributed by atoms with E-state index in [9.17, 15) is 4.79 Å².